The molecule has 34 heavy (non-hydrogen) atoms. The number of hydrogen-bond donors (Lipinski definition) is 2. The van der Waals surface area contributed by atoms with Gasteiger partial charge in [-0.05, 0) is 47.4 Å². The smallest absolute Gasteiger partial charge is 0.251 e. The third kappa shape index (κ3) is 3.80. The van der Waals surface area contributed by atoms with Crippen molar-refractivity contribution in [3.63, 3.8) is 0 Å². The molecule has 6 nitrogen and oxygen atoms in total. The lowest BCUT2D eigenvalue weighted by atomic mass is 9.94. The van der Waals surface area contributed by atoms with Crippen molar-refractivity contribution in [2.75, 3.05) is 43.5 Å². The minimum absolute atomic E-state index is 0. The van der Waals surface area contributed by atoms with E-state index in [9.17, 15) is 9.18 Å². The molecular weight excluding hydrogens is 431 g/mol. The molecule has 0 bridgehead atoms. The van der Waals surface area contributed by atoms with Crippen molar-refractivity contribution < 1.29 is 13.9 Å². The number of nitrogens with two attached hydrogens (primary N) is 1. The molecule has 3 aliphatic heterocycles. The number of rotatable bonds is 3. The van der Waals surface area contributed by atoms with E-state index in [1.54, 1.807) is 12.1 Å². The third-order valence-corrected chi connectivity index (χ3v) is 7.13. The zero-order valence-corrected chi connectivity index (χ0v) is 18.2. The molecule has 2 fully saturated rings. The first-order chi connectivity index (χ1) is 16.1. The normalized spacial score (nSPS) is 21.0. The molecule has 3 aromatic rings. The molecule has 3 aliphatic rings. The number of fused-ring (bicyclic) bond motifs is 2. The van der Waals surface area contributed by atoms with E-state index in [1.165, 1.54) is 0 Å². The van der Waals surface area contributed by atoms with Crippen LogP contribution in [0.3, 0.4) is 0 Å². The Bertz CT molecular complexity index is 1230. The first-order valence-electron chi connectivity index (χ1n) is 11.4. The molecule has 2 unspecified atom stereocenters. The minimum atomic E-state index is -0.589. The highest BCUT2D eigenvalue weighted by atomic mass is 19.1. The Hall–Kier alpha value is -3.45. The standard InChI is InChI=1S/C26H25FN4O2.CH4/c27-24-22(15-1-4-20(5-2-15)31-11-18-13-33-14-19(18)12-31)10-23(25(28)30-24)16-3-6-21-17(9-16)7-8-29-26(21)32;/h1-6,9-10,18-19H,7-8,11-14H2,(H2,28,30)(H,29,32);1H4. The lowest BCUT2D eigenvalue weighted by molar-refractivity contribution is 0.0946. The van der Waals surface area contributed by atoms with Gasteiger partial charge in [-0.1, -0.05) is 31.7 Å². The predicted molar refractivity (Wildman–Crippen MR) is 132 cm³/mol. The molecule has 2 atom stereocenters. The molecule has 2 saturated heterocycles. The van der Waals surface area contributed by atoms with Gasteiger partial charge in [-0.15, -0.1) is 0 Å². The number of pyridine rings is 1. The summed E-state index contributed by atoms with van der Waals surface area (Å²) in [5.41, 5.74) is 11.5. The maximum atomic E-state index is 14.8. The van der Waals surface area contributed by atoms with Crippen LogP contribution >= 0.6 is 0 Å². The van der Waals surface area contributed by atoms with Crippen LogP contribution in [-0.4, -0.2) is 43.7 Å². The fourth-order valence-electron chi connectivity index (χ4n) is 5.28. The molecule has 4 heterocycles. The van der Waals surface area contributed by atoms with E-state index in [0.717, 1.165) is 55.1 Å². The number of hydrogen-bond acceptors (Lipinski definition) is 5. The fourth-order valence-corrected chi connectivity index (χ4v) is 5.28. The van der Waals surface area contributed by atoms with Crippen molar-refractivity contribution in [1.29, 1.82) is 0 Å². The third-order valence-electron chi connectivity index (χ3n) is 7.13. The monoisotopic (exact) mass is 460 g/mol. The number of nitrogens with zero attached hydrogens (tertiary/aromatic N) is 2. The average molecular weight is 461 g/mol. The van der Waals surface area contributed by atoms with Gasteiger partial charge in [0.1, 0.15) is 5.82 Å². The summed E-state index contributed by atoms with van der Waals surface area (Å²) in [5, 5.41) is 2.85. The predicted octanol–water partition coefficient (Wildman–Crippen LogP) is 4.14. The second-order valence-electron chi connectivity index (χ2n) is 9.15. The lowest BCUT2D eigenvalue weighted by Crippen LogP contribution is -2.31. The highest BCUT2D eigenvalue weighted by molar-refractivity contribution is 5.97. The average Bonchev–Trinajstić information content (AvgIpc) is 3.42. The quantitative estimate of drug-likeness (QED) is 0.574. The summed E-state index contributed by atoms with van der Waals surface area (Å²) >= 11 is 0. The van der Waals surface area contributed by atoms with Gasteiger partial charge in [0.05, 0.1) is 13.2 Å². The fraction of sp³-hybridized carbons (Fsp3) is 0.333. The van der Waals surface area contributed by atoms with Crippen LogP contribution in [0.5, 0.6) is 0 Å². The molecule has 0 aliphatic carbocycles. The Labute approximate surface area is 198 Å². The van der Waals surface area contributed by atoms with Crippen LogP contribution in [0.2, 0.25) is 0 Å². The molecule has 7 heteroatoms. The van der Waals surface area contributed by atoms with Gasteiger partial charge in [0.2, 0.25) is 5.95 Å². The number of amides is 1. The molecule has 1 amide bonds. The summed E-state index contributed by atoms with van der Waals surface area (Å²) < 4.78 is 20.4. The van der Waals surface area contributed by atoms with Gasteiger partial charge in [0, 0.05) is 53.8 Å². The molecule has 0 saturated carbocycles. The van der Waals surface area contributed by atoms with Crippen LogP contribution in [0.1, 0.15) is 23.3 Å². The number of benzene rings is 2. The van der Waals surface area contributed by atoms with Crippen LogP contribution in [0.4, 0.5) is 15.9 Å². The highest BCUT2D eigenvalue weighted by Gasteiger charge is 2.37. The number of nitrogens with one attached hydrogen (secondary N) is 1. The summed E-state index contributed by atoms with van der Waals surface area (Å²) in [5.74, 6) is 0.693. The summed E-state index contributed by atoms with van der Waals surface area (Å²) in [7, 11) is 0. The van der Waals surface area contributed by atoms with Crippen molar-refractivity contribution in [1.82, 2.24) is 10.3 Å². The zero-order chi connectivity index (χ0) is 22.5. The maximum absolute atomic E-state index is 14.8. The van der Waals surface area contributed by atoms with Crippen LogP contribution in [0.15, 0.2) is 48.5 Å². The molecule has 6 rings (SSSR count). The maximum Gasteiger partial charge on any atom is 0.251 e. The Balaban J connectivity index is 0.00000241. The number of ether oxygens (including phenoxy) is 1. The molecule has 2 aromatic carbocycles. The Morgan fingerprint density at radius 1 is 0.971 bits per heavy atom. The molecule has 1 aromatic heterocycles. The largest absolute Gasteiger partial charge is 0.383 e. The molecule has 3 N–H and O–H groups in total. The second-order valence-corrected chi connectivity index (χ2v) is 9.15. The van der Waals surface area contributed by atoms with E-state index in [1.807, 2.05) is 36.4 Å². The van der Waals surface area contributed by atoms with Crippen molar-refractivity contribution in [2.24, 2.45) is 11.8 Å². The number of carbonyl (C=O) groups is 1. The van der Waals surface area contributed by atoms with Gasteiger partial charge >= 0.3 is 0 Å². The molecule has 0 spiro atoms. The van der Waals surface area contributed by atoms with Gasteiger partial charge in [-0.2, -0.15) is 4.39 Å². The number of carbonyl (C=O) groups excluding carboxylic acids is 1. The van der Waals surface area contributed by atoms with Gasteiger partial charge in [-0.3, -0.25) is 4.79 Å². The Morgan fingerprint density at radius 2 is 1.68 bits per heavy atom. The van der Waals surface area contributed by atoms with Gasteiger partial charge in [-0.25, -0.2) is 4.98 Å². The van der Waals surface area contributed by atoms with Crippen molar-refractivity contribution in [2.45, 2.75) is 13.8 Å². The first kappa shape index (κ1) is 22.3. The number of halogens is 1. The summed E-state index contributed by atoms with van der Waals surface area (Å²) in [4.78, 5) is 18.4. The SMILES string of the molecule is C.Nc1nc(F)c(-c2ccc(N3CC4COCC4C3)cc2)cc1-c1ccc2c(c1)CCNC2=O. The summed E-state index contributed by atoms with van der Waals surface area (Å²) in [6, 6.07) is 15.3. The van der Waals surface area contributed by atoms with E-state index in [2.05, 4.69) is 15.2 Å². The molecule has 176 valence electrons. The van der Waals surface area contributed by atoms with E-state index < -0.39 is 5.95 Å². The van der Waals surface area contributed by atoms with E-state index in [0.29, 0.717) is 35.1 Å². The lowest BCUT2D eigenvalue weighted by Gasteiger charge is -2.20. The number of anilines is 2. The summed E-state index contributed by atoms with van der Waals surface area (Å²) in [6.07, 6.45) is 0.752. The van der Waals surface area contributed by atoms with Crippen LogP contribution in [-0.2, 0) is 11.2 Å². The van der Waals surface area contributed by atoms with E-state index >= 15 is 0 Å². The number of aromatic nitrogens is 1. The zero-order valence-electron chi connectivity index (χ0n) is 18.2. The van der Waals surface area contributed by atoms with Crippen molar-refractivity contribution in [3.8, 4) is 22.3 Å². The van der Waals surface area contributed by atoms with E-state index in [4.69, 9.17) is 10.5 Å². The minimum Gasteiger partial charge on any atom is -0.383 e. The van der Waals surface area contributed by atoms with Crippen molar-refractivity contribution in [3.05, 3.63) is 65.6 Å². The van der Waals surface area contributed by atoms with Gasteiger partial charge in [0.25, 0.3) is 5.91 Å². The number of nitrogen functional groups attached to an aromatic ring is 1. The topological polar surface area (TPSA) is 80.5 Å². The Kier molecular flexibility index (Phi) is 5.73. The van der Waals surface area contributed by atoms with Crippen LogP contribution < -0.4 is 16.0 Å². The Morgan fingerprint density at radius 3 is 2.41 bits per heavy atom. The van der Waals surface area contributed by atoms with Crippen LogP contribution in [0.25, 0.3) is 22.3 Å². The first-order valence-corrected chi connectivity index (χ1v) is 11.4. The van der Waals surface area contributed by atoms with Crippen LogP contribution in [0, 0.1) is 17.8 Å². The molecular formula is C27H29FN4O2. The van der Waals surface area contributed by atoms with E-state index in [-0.39, 0.29) is 19.2 Å². The van der Waals surface area contributed by atoms with Gasteiger partial charge < -0.3 is 20.7 Å². The summed E-state index contributed by atoms with van der Waals surface area (Å²) in [6.45, 7) is 4.30. The van der Waals surface area contributed by atoms with Crippen molar-refractivity contribution >= 4 is 17.4 Å². The molecule has 0 radical (unpaired) electrons. The second kappa shape index (κ2) is 8.72. The highest BCUT2D eigenvalue weighted by Crippen LogP contribution is 2.36. The van der Waals surface area contributed by atoms with Gasteiger partial charge in [0.15, 0.2) is 0 Å².